The van der Waals surface area contributed by atoms with Gasteiger partial charge >= 0.3 is 0 Å². The Labute approximate surface area is 149 Å². The molecule has 0 fully saturated rings. The van der Waals surface area contributed by atoms with E-state index in [9.17, 15) is 19.4 Å². The highest BCUT2D eigenvalue weighted by Gasteiger charge is 2.26. The van der Waals surface area contributed by atoms with Crippen molar-refractivity contribution in [2.75, 3.05) is 6.61 Å². The molecule has 0 aliphatic carbocycles. The van der Waals surface area contributed by atoms with Crippen LogP contribution in [-0.2, 0) is 13.2 Å². The van der Waals surface area contributed by atoms with Gasteiger partial charge in [0.1, 0.15) is 29.6 Å². The number of aliphatic hydroxyl groups excluding tert-OH is 1. The number of carbonyl (C=O) groups excluding carboxylic acids is 1. The molecule has 0 saturated carbocycles. The predicted octanol–water partition coefficient (Wildman–Crippen LogP) is 0.795. The van der Waals surface area contributed by atoms with Crippen molar-refractivity contribution in [1.29, 1.82) is 0 Å². The van der Waals surface area contributed by atoms with Crippen LogP contribution in [0.25, 0.3) is 11.4 Å². The summed E-state index contributed by atoms with van der Waals surface area (Å²) in [6, 6.07) is 2.64. The summed E-state index contributed by atoms with van der Waals surface area (Å²) in [6.07, 6.45) is 0. The summed E-state index contributed by atoms with van der Waals surface area (Å²) >= 11 is 0. The third-order valence-electron chi connectivity index (χ3n) is 3.84. The summed E-state index contributed by atoms with van der Waals surface area (Å²) in [7, 11) is 0. The minimum atomic E-state index is -1.28. The Morgan fingerprint density at radius 3 is 2.85 bits per heavy atom. The van der Waals surface area contributed by atoms with Crippen molar-refractivity contribution in [2.24, 2.45) is 5.73 Å². The Kier molecular flexibility index (Phi) is 4.44. The molecule has 1 amide bonds. The second-order valence-electron chi connectivity index (χ2n) is 6.39. The van der Waals surface area contributed by atoms with Gasteiger partial charge in [-0.25, -0.2) is 9.37 Å². The van der Waals surface area contributed by atoms with Crippen LogP contribution in [0.4, 0.5) is 4.39 Å². The number of amides is 1. The number of primary amides is 1. The molecule has 26 heavy (non-hydrogen) atoms. The maximum atomic E-state index is 14.3. The number of carbonyl (C=O) groups is 1. The van der Waals surface area contributed by atoms with Gasteiger partial charge < -0.3 is 25.3 Å². The van der Waals surface area contributed by atoms with E-state index in [1.807, 2.05) is 0 Å². The number of hydrogen-bond donors (Lipinski definition) is 3. The van der Waals surface area contributed by atoms with E-state index >= 15 is 0 Å². The number of fused-ring (bicyclic) bond motifs is 3. The maximum absolute atomic E-state index is 14.3. The molecule has 4 N–H and O–H groups in total. The predicted molar refractivity (Wildman–Crippen MR) is 90.7 cm³/mol. The van der Waals surface area contributed by atoms with Crippen LogP contribution in [0.15, 0.2) is 12.1 Å². The molecule has 1 aliphatic rings. The molecular weight excluding hydrogens is 341 g/mol. The van der Waals surface area contributed by atoms with Gasteiger partial charge in [0.25, 0.3) is 5.91 Å². The van der Waals surface area contributed by atoms with E-state index in [4.69, 9.17) is 10.5 Å². The first-order valence-corrected chi connectivity index (χ1v) is 7.93. The summed E-state index contributed by atoms with van der Waals surface area (Å²) in [5.74, 6) is 4.38. The van der Waals surface area contributed by atoms with Crippen molar-refractivity contribution in [3.05, 3.63) is 34.9 Å². The van der Waals surface area contributed by atoms with Gasteiger partial charge in [-0.2, -0.15) is 0 Å². The summed E-state index contributed by atoms with van der Waals surface area (Å²) in [4.78, 5) is 15.9. The Morgan fingerprint density at radius 2 is 2.23 bits per heavy atom. The average molecular weight is 359 g/mol. The lowest BCUT2D eigenvalue weighted by atomic mass is 10.1. The molecule has 0 atom stereocenters. The first-order valence-electron chi connectivity index (χ1n) is 7.93. The highest BCUT2D eigenvalue weighted by molar-refractivity contribution is 5.93. The zero-order valence-corrected chi connectivity index (χ0v) is 14.3. The van der Waals surface area contributed by atoms with E-state index in [1.54, 1.807) is 4.57 Å². The summed E-state index contributed by atoms with van der Waals surface area (Å²) in [5, 5.41) is 19.3. The quantitative estimate of drug-likeness (QED) is 0.687. The van der Waals surface area contributed by atoms with Gasteiger partial charge in [-0.1, -0.05) is 11.8 Å². The third kappa shape index (κ3) is 3.27. The monoisotopic (exact) mass is 359 g/mol. The summed E-state index contributed by atoms with van der Waals surface area (Å²) in [6.45, 7) is 3.07. The van der Waals surface area contributed by atoms with Crippen molar-refractivity contribution in [3.63, 3.8) is 0 Å². The molecule has 1 aliphatic heterocycles. The molecular formula is C18H18FN3O4. The molecule has 0 radical (unpaired) electrons. The fourth-order valence-corrected chi connectivity index (χ4v) is 2.70. The largest absolute Gasteiger partial charge is 0.491 e. The lowest BCUT2D eigenvalue weighted by Crippen LogP contribution is -2.16. The van der Waals surface area contributed by atoms with Crippen LogP contribution in [0.2, 0.25) is 0 Å². The van der Waals surface area contributed by atoms with Crippen LogP contribution in [0.3, 0.4) is 0 Å². The molecule has 2 heterocycles. The number of aromatic nitrogens is 2. The molecule has 8 heteroatoms. The molecule has 136 valence electrons. The Hall–Kier alpha value is -2.89. The smallest absolute Gasteiger partial charge is 0.269 e. The highest BCUT2D eigenvalue weighted by atomic mass is 19.1. The van der Waals surface area contributed by atoms with E-state index in [0.29, 0.717) is 17.9 Å². The van der Waals surface area contributed by atoms with Gasteiger partial charge in [0.15, 0.2) is 5.69 Å². The van der Waals surface area contributed by atoms with E-state index in [2.05, 4.69) is 16.8 Å². The van der Waals surface area contributed by atoms with E-state index in [0.717, 1.165) is 0 Å². The SMILES string of the molecule is CC(C)(O)C#Cc1cc2c(cc1F)OCCn1c-2nc(C(N)=O)c1CO. The third-order valence-corrected chi connectivity index (χ3v) is 3.84. The maximum Gasteiger partial charge on any atom is 0.269 e. The molecule has 0 unspecified atom stereocenters. The number of hydrogen-bond acceptors (Lipinski definition) is 5. The van der Waals surface area contributed by atoms with Gasteiger partial charge in [-0.05, 0) is 19.9 Å². The normalized spacial score (nSPS) is 13.0. The zero-order chi connectivity index (χ0) is 19.1. The fraction of sp³-hybridized carbons (Fsp3) is 0.333. The van der Waals surface area contributed by atoms with Crippen LogP contribution in [0.1, 0.15) is 35.6 Å². The highest BCUT2D eigenvalue weighted by Crippen LogP contribution is 2.35. The number of nitrogens with two attached hydrogens (primary N) is 1. The first-order chi connectivity index (χ1) is 12.2. The number of benzene rings is 1. The Morgan fingerprint density at radius 1 is 1.50 bits per heavy atom. The lowest BCUT2D eigenvalue weighted by molar-refractivity contribution is 0.0992. The lowest BCUT2D eigenvalue weighted by Gasteiger charge is -2.09. The Balaban J connectivity index is 2.23. The van der Waals surface area contributed by atoms with Crippen molar-refractivity contribution in [1.82, 2.24) is 9.55 Å². The fourth-order valence-electron chi connectivity index (χ4n) is 2.70. The van der Waals surface area contributed by atoms with Gasteiger partial charge in [0.05, 0.1) is 30.0 Å². The van der Waals surface area contributed by atoms with E-state index < -0.39 is 23.9 Å². The number of halogens is 1. The van der Waals surface area contributed by atoms with Gasteiger partial charge in [0, 0.05) is 6.07 Å². The van der Waals surface area contributed by atoms with E-state index in [-0.39, 0.29) is 29.3 Å². The van der Waals surface area contributed by atoms with Gasteiger partial charge in [-0.15, -0.1) is 0 Å². The second kappa shape index (κ2) is 6.44. The van der Waals surface area contributed by atoms with Crippen molar-refractivity contribution in [2.45, 2.75) is 32.6 Å². The summed E-state index contributed by atoms with van der Waals surface area (Å²) in [5.41, 5.74) is 4.78. The number of aliphatic hydroxyl groups is 2. The van der Waals surface area contributed by atoms with Gasteiger partial charge in [0.2, 0.25) is 0 Å². The number of nitrogens with zero attached hydrogens (tertiary/aromatic N) is 2. The topological polar surface area (TPSA) is 111 Å². The number of imidazole rings is 1. The molecule has 3 rings (SSSR count). The van der Waals surface area contributed by atoms with Crippen LogP contribution in [-0.4, -0.2) is 37.9 Å². The molecule has 7 nitrogen and oxygen atoms in total. The number of ether oxygens (including phenoxy) is 1. The zero-order valence-electron chi connectivity index (χ0n) is 14.3. The Bertz CT molecular complexity index is 948. The molecule has 0 spiro atoms. The molecule has 0 saturated heterocycles. The van der Waals surface area contributed by atoms with E-state index in [1.165, 1.54) is 26.0 Å². The van der Waals surface area contributed by atoms with Crippen molar-refractivity contribution < 1.29 is 24.1 Å². The molecule has 2 aromatic rings. The molecule has 1 aromatic carbocycles. The molecule has 1 aromatic heterocycles. The van der Waals surface area contributed by atoms with Crippen LogP contribution < -0.4 is 10.5 Å². The minimum absolute atomic E-state index is 0.0381. The second-order valence-corrected chi connectivity index (χ2v) is 6.39. The van der Waals surface area contributed by atoms with Crippen LogP contribution in [0.5, 0.6) is 5.75 Å². The van der Waals surface area contributed by atoms with Crippen LogP contribution in [0, 0.1) is 17.7 Å². The van der Waals surface area contributed by atoms with Crippen molar-refractivity contribution >= 4 is 5.91 Å². The standard InChI is InChI=1S/C18H18FN3O4/c1-18(2,25)4-3-10-7-11-14(8-12(10)19)26-6-5-22-13(9-23)15(16(20)24)21-17(11)22/h7-8,23,25H,5-6,9H2,1-2H3,(H2,20,24). The average Bonchev–Trinajstić information content (AvgIpc) is 2.83. The molecule has 0 bridgehead atoms. The number of rotatable bonds is 2. The van der Waals surface area contributed by atoms with Gasteiger partial charge in [-0.3, -0.25) is 4.79 Å². The minimum Gasteiger partial charge on any atom is -0.491 e. The first kappa shape index (κ1) is 17.9. The van der Waals surface area contributed by atoms with Crippen molar-refractivity contribution in [3.8, 4) is 29.0 Å². The summed E-state index contributed by atoms with van der Waals surface area (Å²) < 4.78 is 21.5. The van der Waals surface area contributed by atoms with Crippen LogP contribution >= 0.6 is 0 Å².